The summed E-state index contributed by atoms with van der Waals surface area (Å²) in [6.07, 6.45) is 3.24. The van der Waals surface area contributed by atoms with Gasteiger partial charge in [-0.15, -0.1) is 0 Å². The molecule has 0 amide bonds. The van der Waals surface area contributed by atoms with Crippen LogP contribution in [0.15, 0.2) is 65.7 Å². The van der Waals surface area contributed by atoms with E-state index in [9.17, 15) is 9.59 Å². The Bertz CT molecular complexity index is 901. The number of benzene rings is 2. The van der Waals surface area contributed by atoms with Crippen LogP contribution >= 0.6 is 0 Å². The quantitative estimate of drug-likeness (QED) is 0.507. The maximum absolute atomic E-state index is 9.55. The molecule has 31 heavy (non-hydrogen) atoms. The number of hydrogen-bond acceptors (Lipinski definition) is 5. The fraction of sp³-hybridized carbons (Fsp3) is 0.292. The predicted molar refractivity (Wildman–Crippen MR) is 123 cm³/mol. The number of carboxylic acid groups (broad SMARTS) is 2. The molecule has 0 aromatic heterocycles. The van der Waals surface area contributed by atoms with E-state index in [0.717, 1.165) is 37.6 Å². The average molecular weight is 424 g/mol. The van der Waals surface area contributed by atoms with Gasteiger partial charge in [0, 0.05) is 24.4 Å². The van der Waals surface area contributed by atoms with Gasteiger partial charge >= 0.3 is 11.9 Å². The first kappa shape index (κ1) is 23.7. The van der Waals surface area contributed by atoms with Gasteiger partial charge in [-0.25, -0.2) is 9.59 Å². The number of nitrogens with zero attached hydrogens (tertiary/aromatic N) is 1. The largest absolute Gasteiger partial charge is 0.478 e. The molecule has 0 fully saturated rings. The minimum Gasteiger partial charge on any atom is -0.478 e. The molecule has 3 rings (SSSR count). The molecular formula is C24H29N3O4. The third-order valence-corrected chi connectivity index (χ3v) is 4.33. The van der Waals surface area contributed by atoms with Crippen LogP contribution in [0.5, 0.6) is 0 Å². The summed E-state index contributed by atoms with van der Waals surface area (Å²) in [7, 11) is 0. The molecule has 7 heteroatoms. The van der Waals surface area contributed by atoms with Gasteiger partial charge in [-0.05, 0) is 47.6 Å². The summed E-state index contributed by atoms with van der Waals surface area (Å²) in [4.78, 5) is 23.5. The maximum atomic E-state index is 9.55. The lowest BCUT2D eigenvalue weighted by molar-refractivity contribution is -0.134. The van der Waals surface area contributed by atoms with Crippen molar-refractivity contribution in [1.82, 2.24) is 5.32 Å². The molecule has 4 N–H and O–H groups in total. The average Bonchev–Trinajstić information content (AvgIpc) is 3.23. The molecule has 0 radical (unpaired) electrons. The summed E-state index contributed by atoms with van der Waals surface area (Å²) in [6.45, 7) is 6.30. The molecule has 0 unspecified atom stereocenters. The summed E-state index contributed by atoms with van der Waals surface area (Å²) in [5.41, 5.74) is 5.19. The van der Waals surface area contributed by atoms with Crippen molar-refractivity contribution in [3.8, 4) is 0 Å². The predicted octanol–water partition coefficient (Wildman–Crippen LogP) is 3.56. The zero-order valence-corrected chi connectivity index (χ0v) is 17.8. The Kier molecular flexibility index (Phi) is 9.29. The summed E-state index contributed by atoms with van der Waals surface area (Å²) < 4.78 is 0. The van der Waals surface area contributed by atoms with Crippen molar-refractivity contribution < 1.29 is 19.8 Å². The molecule has 0 atom stereocenters. The molecule has 2 aromatic rings. The molecular weight excluding hydrogens is 394 g/mol. The molecule has 2 aromatic carbocycles. The van der Waals surface area contributed by atoms with E-state index >= 15 is 0 Å². The molecule has 7 nitrogen and oxygen atoms in total. The van der Waals surface area contributed by atoms with E-state index < -0.39 is 11.9 Å². The molecule has 1 heterocycles. The number of anilines is 1. The molecule has 0 saturated heterocycles. The number of carboxylic acids is 2. The van der Waals surface area contributed by atoms with Crippen LogP contribution in [0.25, 0.3) is 0 Å². The van der Waals surface area contributed by atoms with Crippen molar-refractivity contribution >= 4 is 23.6 Å². The van der Waals surface area contributed by atoms with Crippen molar-refractivity contribution in [1.29, 1.82) is 0 Å². The fourth-order valence-electron chi connectivity index (χ4n) is 2.97. The van der Waals surface area contributed by atoms with Gasteiger partial charge in [0.25, 0.3) is 0 Å². The number of guanidine groups is 1. The highest BCUT2D eigenvalue weighted by Crippen LogP contribution is 2.16. The Morgan fingerprint density at radius 1 is 0.968 bits per heavy atom. The Balaban J connectivity index is 0.000000366. The van der Waals surface area contributed by atoms with Crippen molar-refractivity contribution in [2.75, 3.05) is 18.4 Å². The Morgan fingerprint density at radius 3 is 1.94 bits per heavy atom. The highest BCUT2D eigenvalue weighted by Gasteiger charge is 2.05. The monoisotopic (exact) mass is 423 g/mol. The number of aliphatic carboxylic acids is 2. The zero-order chi connectivity index (χ0) is 22.6. The van der Waals surface area contributed by atoms with Crippen molar-refractivity contribution in [2.45, 2.75) is 26.7 Å². The van der Waals surface area contributed by atoms with Gasteiger partial charge in [0.05, 0.1) is 6.54 Å². The van der Waals surface area contributed by atoms with Crippen LogP contribution < -0.4 is 10.6 Å². The SMILES string of the molecule is CC(C)Cc1ccc(Cc2ccc(NC3=NCCN3)cc2)cc1.O=C(O)/C=C/C(=O)O. The number of hydrogen-bond donors (Lipinski definition) is 4. The van der Waals surface area contributed by atoms with Crippen LogP contribution in [0, 0.1) is 5.92 Å². The van der Waals surface area contributed by atoms with E-state index in [-0.39, 0.29) is 0 Å². The minimum absolute atomic E-state index is 0.558. The summed E-state index contributed by atoms with van der Waals surface area (Å²) in [5, 5.41) is 22.1. The molecule has 1 aliphatic heterocycles. The van der Waals surface area contributed by atoms with Gasteiger partial charge in [0.1, 0.15) is 0 Å². The van der Waals surface area contributed by atoms with E-state index in [1.807, 2.05) is 0 Å². The molecule has 0 bridgehead atoms. The Hall–Kier alpha value is -3.61. The third kappa shape index (κ3) is 9.62. The van der Waals surface area contributed by atoms with Gasteiger partial charge in [-0.1, -0.05) is 50.2 Å². The topological polar surface area (TPSA) is 111 Å². The molecule has 1 aliphatic rings. The summed E-state index contributed by atoms with van der Waals surface area (Å²) in [6, 6.07) is 17.6. The lowest BCUT2D eigenvalue weighted by atomic mass is 9.99. The highest BCUT2D eigenvalue weighted by atomic mass is 16.4. The van der Waals surface area contributed by atoms with Crippen molar-refractivity contribution in [3.63, 3.8) is 0 Å². The van der Waals surface area contributed by atoms with E-state index in [4.69, 9.17) is 10.2 Å². The van der Waals surface area contributed by atoms with Crippen molar-refractivity contribution in [2.24, 2.45) is 10.9 Å². The van der Waals surface area contributed by atoms with Gasteiger partial charge in [-0.3, -0.25) is 4.99 Å². The normalized spacial score (nSPS) is 12.7. The van der Waals surface area contributed by atoms with E-state index in [0.29, 0.717) is 18.1 Å². The first-order valence-electron chi connectivity index (χ1n) is 10.2. The van der Waals surface area contributed by atoms with Crippen LogP contribution in [0.1, 0.15) is 30.5 Å². The van der Waals surface area contributed by atoms with Gasteiger partial charge in [0.2, 0.25) is 0 Å². The van der Waals surface area contributed by atoms with E-state index in [1.165, 1.54) is 16.7 Å². The zero-order valence-electron chi connectivity index (χ0n) is 17.8. The molecule has 0 aliphatic carbocycles. The number of aliphatic imine (C=N–C) groups is 1. The lowest BCUT2D eigenvalue weighted by Crippen LogP contribution is -2.26. The second kappa shape index (κ2) is 12.2. The Morgan fingerprint density at radius 2 is 1.48 bits per heavy atom. The minimum atomic E-state index is -1.26. The third-order valence-electron chi connectivity index (χ3n) is 4.33. The second-order valence-electron chi connectivity index (χ2n) is 7.58. The van der Waals surface area contributed by atoms with Crippen LogP contribution in [0.4, 0.5) is 5.69 Å². The van der Waals surface area contributed by atoms with Gasteiger partial charge in [-0.2, -0.15) is 0 Å². The summed E-state index contributed by atoms with van der Waals surface area (Å²) >= 11 is 0. The second-order valence-corrected chi connectivity index (χ2v) is 7.58. The van der Waals surface area contributed by atoms with Crippen LogP contribution in [0.2, 0.25) is 0 Å². The number of carbonyl (C=O) groups is 2. The molecule has 0 saturated carbocycles. The summed E-state index contributed by atoms with van der Waals surface area (Å²) in [5.74, 6) is -0.932. The first-order valence-corrected chi connectivity index (χ1v) is 10.2. The van der Waals surface area contributed by atoms with E-state index in [2.05, 4.69) is 78.0 Å². The highest BCUT2D eigenvalue weighted by molar-refractivity contribution is 5.94. The van der Waals surface area contributed by atoms with Crippen molar-refractivity contribution in [3.05, 3.63) is 77.4 Å². The first-order chi connectivity index (χ1) is 14.8. The van der Waals surface area contributed by atoms with Crippen LogP contribution in [-0.4, -0.2) is 41.2 Å². The van der Waals surface area contributed by atoms with Gasteiger partial charge < -0.3 is 20.8 Å². The van der Waals surface area contributed by atoms with Crippen LogP contribution in [-0.2, 0) is 22.4 Å². The fourth-order valence-corrected chi connectivity index (χ4v) is 2.97. The van der Waals surface area contributed by atoms with E-state index in [1.54, 1.807) is 0 Å². The molecule has 0 spiro atoms. The van der Waals surface area contributed by atoms with Crippen LogP contribution in [0.3, 0.4) is 0 Å². The molecule has 164 valence electrons. The standard InChI is InChI=1S/C20H25N3.C4H4O4/c1-15(2)13-16-3-5-17(6-4-16)14-18-7-9-19(10-8-18)23-20-21-11-12-22-20;5-3(6)1-2-4(7)8/h3-10,15H,11-14H2,1-2H3,(H2,21,22,23);1-2H,(H,5,6)(H,7,8)/b;2-1+. The lowest BCUT2D eigenvalue weighted by Gasteiger charge is -2.09. The smallest absolute Gasteiger partial charge is 0.328 e. The Labute approximate surface area is 182 Å². The maximum Gasteiger partial charge on any atom is 0.328 e. The number of rotatable bonds is 7. The number of nitrogens with one attached hydrogen (secondary N) is 2. The van der Waals surface area contributed by atoms with Gasteiger partial charge in [0.15, 0.2) is 5.96 Å².